The highest BCUT2D eigenvalue weighted by Gasteiger charge is 2.33. The van der Waals surface area contributed by atoms with Crippen LogP contribution in [0, 0.1) is 5.92 Å². The normalized spacial score (nSPS) is 17.2. The Morgan fingerprint density at radius 1 is 1.30 bits per heavy atom. The number of nitrogens with one attached hydrogen (secondary N) is 1. The van der Waals surface area contributed by atoms with Crippen molar-refractivity contribution in [3.05, 3.63) is 28.7 Å². The third-order valence-corrected chi connectivity index (χ3v) is 5.55. The lowest BCUT2D eigenvalue weighted by Gasteiger charge is -2.29. The number of pyridine rings is 1. The molecule has 1 aliphatic carbocycles. The Morgan fingerprint density at radius 3 is 2.45 bits per heavy atom. The van der Waals surface area contributed by atoms with Crippen molar-refractivity contribution in [2.75, 3.05) is 6.54 Å². The maximum absolute atomic E-state index is 12.8. The maximum atomic E-state index is 12.8. The van der Waals surface area contributed by atoms with E-state index >= 15 is 0 Å². The van der Waals surface area contributed by atoms with Gasteiger partial charge in [0.1, 0.15) is 0 Å². The first-order valence-corrected chi connectivity index (χ1v) is 8.56. The molecule has 0 aromatic carbocycles. The molecule has 0 saturated heterocycles. The Kier molecular flexibility index (Phi) is 4.65. The molecule has 1 aliphatic rings. The first-order valence-electron chi connectivity index (χ1n) is 7.12. The predicted octanol–water partition coefficient (Wildman–Crippen LogP) is 1.96. The minimum atomic E-state index is -3.53. The number of H-pyrrole nitrogens is 1. The van der Waals surface area contributed by atoms with Gasteiger partial charge in [-0.15, -0.1) is 0 Å². The van der Waals surface area contributed by atoms with Crippen molar-refractivity contribution in [3.63, 3.8) is 0 Å². The van der Waals surface area contributed by atoms with Gasteiger partial charge in [0, 0.05) is 24.8 Å². The van der Waals surface area contributed by atoms with E-state index in [4.69, 9.17) is 0 Å². The van der Waals surface area contributed by atoms with Gasteiger partial charge in [0.15, 0.2) is 0 Å². The molecule has 1 heterocycles. The third kappa shape index (κ3) is 3.30. The molecule has 0 spiro atoms. The van der Waals surface area contributed by atoms with Crippen molar-refractivity contribution < 1.29 is 8.42 Å². The second-order valence-corrected chi connectivity index (χ2v) is 7.69. The van der Waals surface area contributed by atoms with E-state index in [0.717, 1.165) is 25.7 Å². The van der Waals surface area contributed by atoms with Crippen LogP contribution in [0.25, 0.3) is 0 Å². The molecule has 0 aliphatic heterocycles. The van der Waals surface area contributed by atoms with Crippen molar-refractivity contribution in [2.45, 2.75) is 50.5 Å². The molecule has 2 rings (SSSR count). The number of hydrogen-bond donors (Lipinski definition) is 1. The van der Waals surface area contributed by atoms with Crippen LogP contribution in [0.1, 0.15) is 39.5 Å². The Bertz CT molecular complexity index is 581. The molecule has 6 heteroatoms. The summed E-state index contributed by atoms with van der Waals surface area (Å²) in [5.74, 6) is 0.271. The summed E-state index contributed by atoms with van der Waals surface area (Å²) in [7, 11) is -3.53. The summed E-state index contributed by atoms with van der Waals surface area (Å²) in [6, 6.07) is 2.74. The van der Waals surface area contributed by atoms with Crippen molar-refractivity contribution in [1.29, 1.82) is 0 Å². The minimum absolute atomic E-state index is 0.0920. The van der Waals surface area contributed by atoms with Crippen molar-refractivity contribution in [1.82, 2.24) is 9.29 Å². The van der Waals surface area contributed by atoms with Gasteiger partial charge in [-0.25, -0.2) is 8.42 Å². The van der Waals surface area contributed by atoms with Crippen LogP contribution in [0.15, 0.2) is 28.0 Å². The molecule has 112 valence electrons. The highest BCUT2D eigenvalue weighted by atomic mass is 32.2. The Labute approximate surface area is 120 Å². The largest absolute Gasteiger partial charge is 0.328 e. The van der Waals surface area contributed by atoms with Crippen molar-refractivity contribution in [2.24, 2.45) is 5.92 Å². The van der Waals surface area contributed by atoms with Crippen LogP contribution in [-0.2, 0) is 10.0 Å². The van der Waals surface area contributed by atoms with E-state index in [9.17, 15) is 13.2 Å². The Morgan fingerprint density at radius 2 is 1.95 bits per heavy atom. The number of sulfonamides is 1. The lowest BCUT2D eigenvalue weighted by molar-refractivity contribution is 0.292. The molecular weight excluding hydrogens is 276 g/mol. The second-order valence-electron chi connectivity index (χ2n) is 5.80. The fourth-order valence-electron chi connectivity index (χ4n) is 2.69. The van der Waals surface area contributed by atoms with E-state index in [2.05, 4.69) is 4.98 Å². The molecule has 1 aromatic rings. The highest BCUT2D eigenvalue weighted by Crippen LogP contribution is 2.29. The molecule has 0 radical (unpaired) electrons. The fraction of sp³-hybridized carbons (Fsp3) is 0.643. The summed E-state index contributed by atoms with van der Waals surface area (Å²) < 4.78 is 27.2. The maximum Gasteiger partial charge on any atom is 0.247 e. The number of aromatic nitrogens is 1. The quantitative estimate of drug-likeness (QED) is 0.903. The molecule has 0 amide bonds. The van der Waals surface area contributed by atoms with Gasteiger partial charge < -0.3 is 4.98 Å². The van der Waals surface area contributed by atoms with E-state index in [-0.39, 0.29) is 22.4 Å². The van der Waals surface area contributed by atoms with E-state index in [1.165, 1.54) is 18.3 Å². The summed E-state index contributed by atoms with van der Waals surface area (Å²) >= 11 is 0. The van der Waals surface area contributed by atoms with Crippen LogP contribution < -0.4 is 5.56 Å². The number of nitrogens with zero attached hydrogens (tertiary/aromatic N) is 1. The molecule has 1 saturated carbocycles. The first-order chi connectivity index (χ1) is 9.41. The smallest absolute Gasteiger partial charge is 0.247 e. The van der Waals surface area contributed by atoms with Crippen LogP contribution in [0.5, 0.6) is 0 Å². The zero-order valence-electron chi connectivity index (χ0n) is 12.0. The van der Waals surface area contributed by atoms with E-state index in [1.54, 1.807) is 4.31 Å². The number of hydrogen-bond acceptors (Lipinski definition) is 3. The lowest BCUT2D eigenvalue weighted by Crippen LogP contribution is -2.41. The van der Waals surface area contributed by atoms with Gasteiger partial charge in [0.05, 0.1) is 4.90 Å². The molecule has 1 aromatic heterocycles. The van der Waals surface area contributed by atoms with Gasteiger partial charge in [-0.05, 0) is 24.8 Å². The zero-order chi connectivity index (χ0) is 14.8. The summed E-state index contributed by atoms with van der Waals surface area (Å²) in [6.45, 7) is 4.56. The molecule has 1 fully saturated rings. The van der Waals surface area contributed by atoms with Crippen molar-refractivity contribution in [3.8, 4) is 0 Å². The average molecular weight is 298 g/mol. The molecular formula is C14H22N2O3S. The third-order valence-electron chi connectivity index (χ3n) is 3.64. The summed E-state index contributed by atoms with van der Waals surface area (Å²) in [4.78, 5) is 13.7. The van der Waals surface area contributed by atoms with E-state index in [1.807, 2.05) is 13.8 Å². The zero-order valence-corrected chi connectivity index (χ0v) is 12.8. The number of rotatable bonds is 5. The Hall–Kier alpha value is -1.14. The average Bonchev–Trinajstić information content (AvgIpc) is 2.89. The second kappa shape index (κ2) is 6.10. The first kappa shape index (κ1) is 15.3. The van der Waals surface area contributed by atoms with Crippen LogP contribution in [0.3, 0.4) is 0 Å². The van der Waals surface area contributed by atoms with Gasteiger partial charge in [-0.3, -0.25) is 4.79 Å². The standard InChI is InChI=1S/C14H22N2O3S/c1-11(2)10-16(12-5-3-4-6-12)20(18,19)13-7-8-14(17)15-9-13/h7-9,11-12H,3-6,10H2,1-2H3,(H,15,17). The molecule has 1 N–H and O–H groups in total. The predicted molar refractivity (Wildman–Crippen MR) is 78.0 cm³/mol. The highest BCUT2D eigenvalue weighted by molar-refractivity contribution is 7.89. The van der Waals surface area contributed by atoms with E-state index < -0.39 is 10.0 Å². The van der Waals surface area contributed by atoms with Gasteiger partial charge in [0.25, 0.3) is 0 Å². The molecule has 20 heavy (non-hydrogen) atoms. The van der Waals surface area contributed by atoms with Gasteiger partial charge in [0.2, 0.25) is 15.6 Å². The number of aromatic amines is 1. The molecule has 0 bridgehead atoms. The van der Waals surface area contributed by atoms with Crippen LogP contribution in [-0.4, -0.2) is 30.3 Å². The monoisotopic (exact) mass is 298 g/mol. The lowest BCUT2D eigenvalue weighted by atomic mass is 10.2. The van der Waals surface area contributed by atoms with Crippen LogP contribution in [0.4, 0.5) is 0 Å². The van der Waals surface area contributed by atoms with Crippen LogP contribution in [0.2, 0.25) is 0 Å². The van der Waals surface area contributed by atoms with Crippen molar-refractivity contribution >= 4 is 10.0 Å². The molecule has 5 nitrogen and oxygen atoms in total. The Balaban J connectivity index is 2.34. The molecule has 0 atom stereocenters. The summed E-state index contributed by atoms with van der Waals surface area (Å²) in [6.07, 6.45) is 5.31. The summed E-state index contributed by atoms with van der Waals surface area (Å²) in [5, 5.41) is 0. The summed E-state index contributed by atoms with van der Waals surface area (Å²) in [5.41, 5.74) is -0.291. The van der Waals surface area contributed by atoms with E-state index in [0.29, 0.717) is 6.54 Å². The minimum Gasteiger partial charge on any atom is -0.328 e. The molecule has 0 unspecified atom stereocenters. The van der Waals surface area contributed by atoms with Crippen LogP contribution >= 0.6 is 0 Å². The van der Waals surface area contributed by atoms with Gasteiger partial charge in [-0.2, -0.15) is 4.31 Å². The van der Waals surface area contributed by atoms with Gasteiger partial charge in [-0.1, -0.05) is 26.7 Å². The van der Waals surface area contributed by atoms with Gasteiger partial charge >= 0.3 is 0 Å². The fourth-order valence-corrected chi connectivity index (χ4v) is 4.50. The SMILES string of the molecule is CC(C)CN(C1CCCC1)S(=O)(=O)c1ccc(=O)[nH]c1. The topological polar surface area (TPSA) is 70.2 Å².